The Hall–Kier alpha value is -1.68. The Balaban J connectivity index is 1.85. The summed E-state index contributed by atoms with van der Waals surface area (Å²) in [5.74, 6) is 0.384. The van der Waals surface area contributed by atoms with Crippen molar-refractivity contribution in [3.05, 3.63) is 53.6 Å². The van der Waals surface area contributed by atoms with E-state index >= 15 is 0 Å². The first-order valence-corrected chi connectivity index (χ1v) is 6.61. The second-order valence-corrected chi connectivity index (χ2v) is 5.13. The maximum atomic E-state index is 12.8. The van der Waals surface area contributed by atoms with E-state index in [2.05, 4.69) is 24.3 Å². The summed E-state index contributed by atoms with van der Waals surface area (Å²) in [6.45, 7) is 6.78. The highest BCUT2D eigenvalue weighted by atomic mass is 19.1. The zero-order valence-corrected chi connectivity index (χ0v) is 11.4. The SMILES string of the molecule is CC(C)Cn1nccc1CNCc1ccc(F)cc1. The van der Waals surface area contributed by atoms with E-state index in [1.165, 1.54) is 17.8 Å². The van der Waals surface area contributed by atoms with Crippen molar-refractivity contribution in [3.8, 4) is 0 Å². The molecule has 3 nitrogen and oxygen atoms in total. The molecular weight excluding hydrogens is 241 g/mol. The molecule has 1 aromatic carbocycles. The van der Waals surface area contributed by atoms with Crippen molar-refractivity contribution in [2.24, 2.45) is 5.92 Å². The highest BCUT2D eigenvalue weighted by molar-refractivity contribution is 5.15. The summed E-state index contributed by atoms with van der Waals surface area (Å²) in [6, 6.07) is 8.60. The maximum Gasteiger partial charge on any atom is 0.123 e. The van der Waals surface area contributed by atoms with Crippen molar-refractivity contribution in [2.75, 3.05) is 0 Å². The van der Waals surface area contributed by atoms with Gasteiger partial charge in [-0.2, -0.15) is 5.10 Å². The summed E-state index contributed by atoms with van der Waals surface area (Å²) in [5.41, 5.74) is 2.26. The molecule has 1 aromatic heterocycles. The second kappa shape index (κ2) is 6.48. The molecule has 0 aliphatic rings. The van der Waals surface area contributed by atoms with Crippen LogP contribution in [0, 0.1) is 11.7 Å². The lowest BCUT2D eigenvalue weighted by molar-refractivity contribution is 0.461. The molecule has 0 atom stereocenters. The lowest BCUT2D eigenvalue weighted by Crippen LogP contribution is -2.17. The van der Waals surface area contributed by atoms with Gasteiger partial charge in [0.15, 0.2) is 0 Å². The van der Waals surface area contributed by atoms with E-state index in [1.807, 2.05) is 16.9 Å². The molecule has 4 heteroatoms. The van der Waals surface area contributed by atoms with Crippen molar-refractivity contribution < 1.29 is 4.39 Å². The number of hydrogen-bond acceptors (Lipinski definition) is 2. The van der Waals surface area contributed by atoms with E-state index in [4.69, 9.17) is 0 Å². The van der Waals surface area contributed by atoms with Gasteiger partial charge in [-0.25, -0.2) is 4.39 Å². The van der Waals surface area contributed by atoms with Crippen molar-refractivity contribution >= 4 is 0 Å². The zero-order valence-electron chi connectivity index (χ0n) is 11.4. The number of rotatable bonds is 6. The molecule has 102 valence electrons. The van der Waals surface area contributed by atoms with E-state index in [0.717, 1.165) is 25.2 Å². The minimum absolute atomic E-state index is 0.196. The fourth-order valence-electron chi connectivity index (χ4n) is 1.96. The molecule has 0 fully saturated rings. The molecular formula is C15H20FN3. The number of nitrogens with zero attached hydrogens (tertiary/aromatic N) is 2. The maximum absolute atomic E-state index is 12.8. The number of hydrogen-bond donors (Lipinski definition) is 1. The molecule has 1 heterocycles. The van der Waals surface area contributed by atoms with Crippen LogP contribution in [0.3, 0.4) is 0 Å². The van der Waals surface area contributed by atoms with E-state index in [9.17, 15) is 4.39 Å². The van der Waals surface area contributed by atoms with Gasteiger partial charge in [-0.1, -0.05) is 26.0 Å². The molecule has 0 bridgehead atoms. The third-order valence-corrected chi connectivity index (χ3v) is 2.89. The molecule has 2 aromatic rings. The summed E-state index contributed by atoms with van der Waals surface area (Å²) in [7, 11) is 0. The van der Waals surface area contributed by atoms with Gasteiger partial charge in [0, 0.05) is 25.8 Å². The van der Waals surface area contributed by atoms with E-state index in [1.54, 1.807) is 12.1 Å². The van der Waals surface area contributed by atoms with Crippen LogP contribution in [0.4, 0.5) is 4.39 Å². The van der Waals surface area contributed by atoms with Gasteiger partial charge in [-0.05, 0) is 29.7 Å². The summed E-state index contributed by atoms with van der Waals surface area (Å²) in [5, 5.41) is 7.67. The predicted molar refractivity (Wildman–Crippen MR) is 74.0 cm³/mol. The summed E-state index contributed by atoms with van der Waals surface area (Å²) < 4.78 is 14.8. The molecule has 2 rings (SSSR count). The highest BCUT2D eigenvalue weighted by Gasteiger charge is 2.04. The Morgan fingerprint density at radius 1 is 1.16 bits per heavy atom. The molecule has 0 radical (unpaired) electrons. The molecule has 0 saturated carbocycles. The lowest BCUT2D eigenvalue weighted by Gasteiger charge is -2.10. The smallest absolute Gasteiger partial charge is 0.123 e. The topological polar surface area (TPSA) is 29.9 Å². The normalized spacial score (nSPS) is 11.2. The van der Waals surface area contributed by atoms with Crippen molar-refractivity contribution in [3.63, 3.8) is 0 Å². The van der Waals surface area contributed by atoms with Crippen molar-refractivity contribution in [1.29, 1.82) is 0 Å². The first kappa shape index (κ1) is 13.7. The summed E-state index contributed by atoms with van der Waals surface area (Å²) in [4.78, 5) is 0. The van der Waals surface area contributed by atoms with Gasteiger partial charge in [0.1, 0.15) is 5.82 Å². The third-order valence-electron chi connectivity index (χ3n) is 2.89. The van der Waals surface area contributed by atoms with Crippen LogP contribution in [0.5, 0.6) is 0 Å². The summed E-state index contributed by atoms with van der Waals surface area (Å²) in [6.07, 6.45) is 1.83. The van der Waals surface area contributed by atoms with Crippen LogP contribution in [0.25, 0.3) is 0 Å². The molecule has 0 aliphatic carbocycles. The average Bonchev–Trinajstić information content (AvgIpc) is 2.78. The van der Waals surface area contributed by atoms with Gasteiger partial charge >= 0.3 is 0 Å². The van der Waals surface area contributed by atoms with Gasteiger partial charge in [-0.3, -0.25) is 4.68 Å². The monoisotopic (exact) mass is 261 g/mol. The van der Waals surface area contributed by atoms with E-state index in [0.29, 0.717) is 5.92 Å². The van der Waals surface area contributed by atoms with Gasteiger partial charge in [0.2, 0.25) is 0 Å². The molecule has 19 heavy (non-hydrogen) atoms. The van der Waals surface area contributed by atoms with Gasteiger partial charge in [0.05, 0.1) is 5.69 Å². The Bertz CT molecular complexity index is 502. The van der Waals surface area contributed by atoms with Crippen LogP contribution >= 0.6 is 0 Å². The number of aromatic nitrogens is 2. The number of halogens is 1. The average molecular weight is 261 g/mol. The molecule has 0 aliphatic heterocycles. The Labute approximate surface area is 113 Å². The van der Waals surface area contributed by atoms with Crippen LogP contribution in [0.2, 0.25) is 0 Å². The second-order valence-electron chi connectivity index (χ2n) is 5.13. The predicted octanol–water partition coefficient (Wildman–Crippen LogP) is 2.97. The van der Waals surface area contributed by atoms with Crippen LogP contribution in [-0.4, -0.2) is 9.78 Å². The van der Waals surface area contributed by atoms with E-state index in [-0.39, 0.29) is 5.82 Å². The van der Waals surface area contributed by atoms with Crippen LogP contribution in [0.1, 0.15) is 25.1 Å². The van der Waals surface area contributed by atoms with Gasteiger partial charge in [-0.15, -0.1) is 0 Å². The van der Waals surface area contributed by atoms with Crippen molar-refractivity contribution in [2.45, 2.75) is 33.5 Å². The van der Waals surface area contributed by atoms with Gasteiger partial charge in [0.25, 0.3) is 0 Å². The molecule has 0 spiro atoms. The minimum Gasteiger partial charge on any atom is -0.307 e. The van der Waals surface area contributed by atoms with Crippen LogP contribution in [-0.2, 0) is 19.6 Å². The van der Waals surface area contributed by atoms with Gasteiger partial charge < -0.3 is 5.32 Å². The largest absolute Gasteiger partial charge is 0.307 e. The Morgan fingerprint density at radius 3 is 2.58 bits per heavy atom. The Kier molecular flexibility index (Phi) is 4.68. The number of benzene rings is 1. The van der Waals surface area contributed by atoms with Crippen LogP contribution in [0.15, 0.2) is 36.5 Å². The fraction of sp³-hybridized carbons (Fsp3) is 0.400. The van der Waals surface area contributed by atoms with Crippen molar-refractivity contribution in [1.82, 2.24) is 15.1 Å². The summed E-state index contributed by atoms with van der Waals surface area (Å²) >= 11 is 0. The molecule has 0 unspecified atom stereocenters. The molecule has 0 amide bonds. The highest BCUT2D eigenvalue weighted by Crippen LogP contribution is 2.05. The zero-order chi connectivity index (χ0) is 13.7. The van der Waals surface area contributed by atoms with E-state index < -0.39 is 0 Å². The quantitative estimate of drug-likeness (QED) is 0.866. The fourth-order valence-corrected chi connectivity index (χ4v) is 1.96. The molecule has 1 N–H and O–H groups in total. The molecule has 0 saturated heterocycles. The first-order valence-electron chi connectivity index (χ1n) is 6.61. The third kappa shape index (κ3) is 4.17. The standard InChI is InChI=1S/C15H20FN3/c1-12(2)11-19-15(7-8-18-19)10-17-9-13-3-5-14(16)6-4-13/h3-8,12,17H,9-11H2,1-2H3. The lowest BCUT2D eigenvalue weighted by atomic mass is 10.2. The minimum atomic E-state index is -0.196. The first-order chi connectivity index (χ1) is 9.15. The number of nitrogens with one attached hydrogen (secondary N) is 1. The van der Waals surface area contributed by atoms with Crippen LogP contribution < -0.4 is 5.32 Å². The Morgan fingerprint density at radius 2 is 1.89 bits per heavy atom.